The van der Waals surface area contributed by atoms with Gasteiger partial charge in [-0.05, 0) is 77.0 Å². The van der Waals surface area contributed by atoms with E-state index in [2.05, 4.69) is 86.8 Å². The molecule has 0 aliphatic carbocycles. The lowest BCUT2D eigenvalue weighted by Gasteiger charge is -2.40. The summed E-state index contributed by atoms with van der Waals surface area (Å²) in [5.74, 6) is -2.07. The number of hydrogen-bond acceptors (Lipinski definition) is 11. The summed E-state index contributed by atoms with van der Waals surface area (Å²) in [6.45, 7) is 3.53. The maximum atomic E-state index is 12.8. The zero-order valence-corrected chi connectivity index (χ0v) is 35.2. The zero-order chi connectivity index (χ0) is 42.0. The van der Waals surface area contributed by atoms with Crippen LogP contribution in [0, 0.1) is 0 Å². The second-order valence-corrected chi connectivity index (χ2v) is 15.8. The van der Waals surface area contributed by atoms with Gasteiger partial charge < -0.3 is 34.3 Å². The van der Waals surface area contributed by atoms with Crippen LogP contribution >= 0.6 is 0 Å². The molecule has 57 heavy (non-hydrogen) atoms. The molecule has 6 atom stereocenters. The summed E-state index contributed by atoms with van der Waals surface area (Å²) in [6, 6.07) is 0. The number of ether oxygens (including phenoxy) is 4. The zero-order valence-electron chi connectivity index (χ0n) is 34.4. The molecule has 0 radical (unpaired) electrons. The normalized spacial score (nSPS) is 21.3. The SMILES string of the molecule is CC/C=C\C/C=C\C/C=C\C/C=C\CCCCC(=O)OC(COC(=O)CCCCCCC/C=C\C/C=C\CCCC)COC1OC(CS(=O)(=O)O)C(O)C(O)C1O. The molecule has 0 aromatic rings. The molecule has 1 heterocycles. The Labute approximate surface area is 342 Å². The molecule has 6 unspecified atom stereocenters. The lowest BCUT2D eigenvalue weighted by molar-refractivity contribution is -0.297. The molecule has 326 valence electrons. The van der Waals surface area contributed by atoms with Gasteiger partial charge in [-0.25, -0.2) is 0 Å². The van der Waals surface area contributed by atoms with Gasteiger partial charge in [0, 0.05) is 12.8 Å². The van der Waals surface area contributed by atoms with Crippen molar-refractivity contribution in [2.45, 2.75) is 173 Å². The Hall–Kier alpha value is -2.91. The first-order chi connectivity index (χ1) is 27.5. The van der Waals surface area contributed by atoms with E-state index in [1.54, 1.807) is 0 Å². The van der Waals surface area contributed by atoms with Gasteiger partial charge in [0.2, 0.25) is 0 Å². The molecule has 0 spiro atoms. The monoisotopic (exact) mass is 824 g/mol. The number of aliphatic hydroxyl groups is 3. The lowest BCUT2D eigenvalue weighted by atomic mass is 10.00. The average Bonchev–Trinajstić information content (AvgIpc) is 3.17. The van der Waals surface area contributed by atoms with Crippen molar-refractivity contribution in [3.8, 4) is 0 Å². The van der Waals surface area contributed by atoms with Crippen molar-refractivity contribution in [1.29, 1.82) is 0 Å². The highest BCUT2D eigenvalue weighted by molar-refractivity contribution is 7.85. The Morgan fingerprint density at radius 1 is 0.614 bits per heavy atom. The number of carbonyl (C=O) groups is 2. The first kappa shape index (κ1) is 52.1. The molecular weight excluding hydrogens is 753 g/mol. The summed E-state index contributed by atoms with van der Waals surface area (Å²) >= 11 is 0. The van der Waals surface area contributed by atoms with Crippen molar-refractivity contribution >= 4 is 22.1 Å². The Morgan fingerprint density at radius 2 is 1.11 bits per heavy atom. The first-order valence-electron chi connectivity index (χ1n) is 21.0. The summed E-state index contributed by atoms with van der Waals surface area (Å²) in [4.78, 5) is 25.3. The van der Waals surface area contributed by atoms with Crippen LogP contribution in [-0.4, -0.2) is 96.0 Å². The molecule has 0 aromatic carbocycles. The van der Waals surface area contributed by atoms with Gasteiger partial charge in [-0.3, -0.25) is 14.1 Å². The van der Waals surface area contributed by atoms with Crippen LogP contribution in [0.5, 0.6) is 0 Å². The van der Waals surface area contributed by atoms with Gasteiger partial charge >= 0.3 is 11.9 Å². The molecule has 12 nitrogen and oxygen atoms in total. The maximum Gasteiger partial charge on any atom is 0.306 e. The van der Waals surface area contributed by atoms with E-state index in [-0.39, 0.29) is 19.4 Å². The molecular formula is C44H72O12S. The summed E-state index contributed by atoms with van der Waals surface area (Å²) in [7, 11) is -4.61. The summed E-state index contributed by atoms with van der Waals surface area (Å²) < 4.78 is 53.9. The van der Waals surface area contributed by atoms with E-state index in [1.165, 1.54) is 12.8 Å². The van der Waals surface area contributed by atoms with Crippen molar-refractivity contribution in [3.05, 3.63) is 72.9 Å². The third kappa shape index (κ3) is 29.0. The highest BCUT2D eigenvalue weighted by atomic mass is 32.2. The minimum atomic E-state index is -4.61. The van der Waals surface area contributed by atoms with E-state index in [1.807, 2.05) is 0 Å². The quantitative estimate of drug-likeness (QED) is 0.0217. The third-order valence-corrected chi connectivity index (χ3v) is 9.77. The van der Waals surface area contributed by atoms with Crippen molar-refractivity contribution < 1.29 is 56.8 Å². The van der Waals surface area contributed by atoms with Crippen LogP contribution < -0.4 is 0 Å². The van der Waals surface area contributed by atoms with Crippen molar-refractivity contribution in [2.24, 2.45) is 0 Å². The fourth-order valence-corrected chi connectivity index (χ4v) is 6.43. The van der Waals surface area contributed by atoms with Gasteiger partial charge in [0.05, 0.1) is 6.61 Å². The van der Waals surface area contributed by atoms with Crippen LogP contribution in [0.1, 0.15) is 136 Å². The Kier molecular flexibility index (Phi) is 31.1. The fourth-order valence-electron chi connectivity index (χ4n) is 5.74. The molecule has 4 N–H and O–H groups in total. The van der Waals surface area contributed by atoms with Crippen molar-refractivity contribution in [3.63, 3.8) is 0 Å². The van der Waals surface area contributed by atoms with Gasteiger partial charge in [-0.15, -0.1) is 0 Å². The van der Waals surface area contributed by atoms with Crippen LogP contribution in [-0.2, 0) is 38.7 Å². The predicted octanol–water partition coefficient (Wildman–Crippen LogP) is 7.94. The molecule has 1 rings (SSSR count). The number of esters is 2. The van der Waals surface area contributed by atoms with Gasteiger partial charge in [0.1, 0.15) is 36.8 Å². The van der Waals surface area contributed by atoms with E-state index in [9.17, 15) is 37.9 Å². The van der Waals surface area contributed by atoms with Gasteiger partial charge in [-0.1, -0.05) is 119 Å². The Balaban J connectivity index is 2.54. The highest BCUT2D eigenvalue weighted by Gasteiger charge is 2.46. The highest BCUT2D eigenvalue weighted by Crippen LogP contribution is 2.24. The molecule has 13 heteroatoms. The minimum Gasteiger partial charge on any atom is -0.462 e. The third-order valence-electron chi connectivity index (χ3n) is 9.02. The molecule has 0 saturated carbocycles. The number of rotatable bonds is 33. The number of carbonyl (C=O) groups excluding carboxylic acids is 2. The summed E-state index contributed by atoms with van der Waals surface area (Å²) in [5.41, 5.74) is 0. The predicted molar refractivity (Wildman–Crippen MR) is 224 cm³/mol. The smallest absolute Gasteiger partial charge is 0.306 e. The molecule has 0 bridgehead atoms. The van der Waals surface area contributed by atoms with Crippen LogP contribution in [0.4, 0.5) is 0 Å². The van der Waals surface area contributed by atoms with E-state index < -0.39 is 71.2 Å². The molecule has 1 aliphatic rings. The Bertz CT molecular complexity index is 1340. The summed E-state index contributed by atoms with van der Waals surface area (Å²) in [6.07, 6.45) is 32.4. The lowest BCUT2D eigenvalue weighted by Crippen LogP contribution is -2.60. The van der Waals surface area contributed by atoms with Crippen molar-refractivity contribution in [1.82, 2.24) is 0 Å². The van der Waals surface area contributed by atoms with E-state index in [0.717, 1.165) is 83.5 Å². The Morgan fingerprint density at radius 3 is 1.68 bits per heavy atom. The van der Waals surface area contributed by atoms with Crippen LogP contribution in [0.25, 0.3) is 0 Å². The topological polar surface area (TPSA) is 186 Å². The van der Waals surface area contributed by atoms with E-state index in [4.69, 9.17) is 18.9 Å². The van der Waals surface area contributed by atoms with E-state index >= 15 is 0 Å². The minimum absolute atomic E-state index is 0.105. The molecule has 0 aromatic heterocycles. The standard InChI is InChI=1S/C44H72O12S/c1-3-5-7-9-11-13-15-17-19-21-23-25-27-29-31-33-40(46)55-37(35-54-44-43(49)42(48)41(47)38(56-44)36-57(50,51)52)34-53-39(45)32-30-28-26-24-22-20-18-16-14-12-10-8-6-4-2/h5,7,10-13,16-19,23,25,37-38,41-44,47-49H,3-4,6,8-9,14-15,20-22,24,26-36H2,1-2H3,(H,50,51,52)/b7-5-,12-10-,13-11-,18-16-,19-17-,25-23-. The number of allylic oxidation sites excluding steroid dienone is 12. The number of aliphatic hydroxyl groups excluding tert-OH is 3. The number of hydrogen-bond donors (Lipinski definition) is 4. The van der Waals surface area contributed by atoms with Crippen LogP contribution in [0.2, 0.25) is 0 Å². The second kappa shape index (κ2) is 34.0. The number of unbranched alkanes of at least 4 members (excludes halogenated alkanes) is 9. The van der Waals surface area contributed by atoms with Crippen molar-refractivity contribution in [2.75, 3.05) is 19.0 Å². The van der Waals surface area contributed by atoms with Crippen LogP contribution in [0.3, 0.4) is 0 Å². The maximum absolute atomic E-state index is 12.8. The molecule has 1 aliphatic heterocycles. The average molecular weight is 825 g/mol. The molecule has 0 amide bonds. The van der Waals surface area contributed by atoms with Crippen LogP contribution in [0.15, 0.2) is 72.9 Å². The van der Waals surface area contributed by atoms with Gasteiger partial charge in [-0.2, -0.15) is 8.42 Å². The largest absolute Gasteiger partial charge is 0.462 e. The molecule has 1 fully saturated rings. The first-order valence-corrected chi connectivity index (χ1v) is 22.6. The molecule has 1 saturated heterocycles. The fraction of sp³-hybridized carbons (Fsp3) is 0.682. The van der Waals surface area contributed by atoms with Gasteiger partial charge in [0.25, 0.3) is 10.1 Å². The van der Waals surface area contributed by atoms with E-state index in [0.29, 0.717) is 12.8 Å². The second-order valence-electron chi connectivity index (χ2n) is 14.3. The summed E-state index contributed by atoms with van der Waals surface area (Å²) in [5, 5.41) is 30.8. The van der Waals surface area contributed by atoms with Gasteiger partial charge in [0.15, 0.2) is 12.4 Å².